The van der Waals surface area contributed by atoms with Crippen molar-refractivity contribution in [3.05, 3.63) is 0 Å². The summed E-state index contributed by atoms with van der Waals surface area (Å²) >= 11 is 0. The van der Waals surface area contributed by atoms with Gasteiger partial charge in [-0.1, -0.05) is 58.8 Å². The molecule has 1 atom stereocenters. The van der Waals surface area contributed by atoms with Crippen LogP contribution in [0.4, 0.5) is 0 Å². The summed E-state index contributed by atoms with van der Waals surface area (Å²) in [5.41, 5.74) is 0. The molecule has 1 unspecified atom stereocenters. The van der Waals surface area contributed by atoms with E-state index >= 15 is 0 Å². The van der Waals surface area contributed by atoms with E-state index in [9.17, 15) is 4.79 Å². The Kier molecular flexibility index (Phi) is 11.8. The van der Waals surface area contributed by atoms with Crippen molar-refractivity contribution in [2.24, 2.45) is 0 Å². The number of carbonyl (C=O) groups excluding carboxylic acids is 1. The van der Waals surface area contributed by atoms with E-state index in [0.29, 0.717) is 0 Å². The summed E-state index contributed by atoms with van der Waals surface area (Å²) in [6.07, 6.45) is 11.1. The lowest BCUT2D eigenvalue weighted by Crippen LogP contribution is -2.21. The van der Waals surface area contributed by atoms with Crippen LogP contribution >= 0.6 is 0 Å². The normalized spacial score (nSPS) is 12.6. The number of unbranched alkanes of at least 4 members (excludes halogenated alkanes) is 7. The van der Waals surface area contributed by atoms with E-state index in [0.717, 1.165) is 19.4 Å². The first-order chi connectivity index (χ1) is 8.22. The molecule has 0 saturated heterocycles. The van der Waals surface area contributed by atoms with Crippen LogP contribution in [0.15, 0.2) is 0 Å². The molecule has 0 amide bonds. The molecule has 0 aromatic heterocycles. The maximum atomic E-state index is 11.1. The van der Waals surface area contributed by atoms with Gasteiger partial charge in [-0.2, -0.15) is 0 Å². The molecule has 0 heterocycles. The third-order valence-electron chi connectivity index (χ3n) is 3.14. The highest BCUT2D eigenvalue weighted by Gasteiger charge is 2.10. The van der Waals surface area contributed by atoms with Gasteiger partial charge < -0.3 is 4.74 Å². The zero-order chi connectivity index (χ0) is 12.9. The van der Waals surface area contributed by atoms with Crippen molar-refractivity contribution in [3.63, 3.8) is 0 Å². The van der Waals surface area contributed by atoms with Crippen molar-refractivity contribution in [1.29, 1.82) is 0 Å². The largest absolute Gasteiger partial charge is 0.370 e. The van der Waals surface area contributed by atoms with Crippen LogP contribution < -0.4 is 0 Å². The average molecular weight is 242 g/mol. The van der Waals surface area contributed by atoms with Crippen LogP contribution in [-0.2, 0) is 9.53 Å². The van der Waals surface area contributed by atoms with Crippen molar-refractivity contribution in [3.8, 4) is 0 Å². The van der Waals surface area contributed by atoms with Gasteiger partial charge in [-0.25, -0.2) is 0 Å². The van der Waals surface area contributed by atoms with Crippen molar-refractivity contribution >= 4 is 5.78 Å². The standard InChI is InChI=1S/C15H30O2/c1-4-6-7-8-9-10-11-12-13-17-15(5-2)14(3)16/h15H,4-13H2,1-3H3. The van der Waals surface area contributed by atoms with Gasteiger partial charge in [-0.3, -0.25) is 4.79 Å². The van der Waals surface area contributed by atoms with Gasteiger partial charge in [0.2, 0.25) is 0 Å². The number of carbonyl (C=O) groups is 1. The minimum Gasteiger partial charge on any atom is -0.370 e. The highest BCUT2D eigenvalue weighted by molar-refractivity contribution is 5.80. The molecule has 0 N–H and O–H groups in total. The Labute approximate surface area is 107 Å². The summed E-state index contributed by atoms with van der Waals surface area (Å²) in [7, 11) is 0. The molecule has 0 aliphatic heterocycles. The molecule has 17 heavy (non-hydrogen) atoms. The number of rotatable bonds is 12. The van der Waals surface area contributed by atoms with Crippen LogP contribution in [0, 0.1) is 0 Å². The number of hydrogen-bond acceptors (Lipinski definition) is 2. The lowest BCUT2D eigenvalue weighted by molar-refractivity contribution is -0.128. The zero-order valence-corrected chi connectivity index (χ0v) is 12.0. The van der Waals surface area contributed by atoms with Gasteiger partial charge in [0.25, 0.3) is 0 Å². The predicted octanol–water partition coefficient (Wildman–Crippen LogP) is 4.51. The molecule has 0 radical (unpaired) electrons. The molecule has 0 spiro atoms. The fourth-order valence-corrected chi connectivity index (χ4v) is 1.98. The number of hydrogen-bond donors (Lipinski definition) is 0. The topological polar surface area (TPSA) is 26.3 Å². The molecule has 0 fully saturated rings. The molecule has 0 bridgehead atoms. The second kappa shape index (κ2) is 12.1. The Morgan fingerprint density at radius 3 is 1.94 bits per heavy atom. The van der Waals surface area contributed by atoms with E-state index in [1.807, 2.05) is 6.92 Å². The lowest BCUT2D eigenvalue weighted by Gasteiger charge is -2.12. The quantitative estimate of drug-likeness (QED) is 0.471. The molecule has 0 aromatic carbocycles. The molecular weight excluding hydrogens is 212 g/mol. The first kappa shape index (κ1) is 16.6. The highest BCUT2D eigenvalue weighted by atomic mass is 16.5. The molecule has 0 aromatic rings. The number of ketones is 1. The van der Waals surface area contributed by atoms with Crippen LogP contribution in [0.3, 0.4) is 0 Å². The summed E-state index contributed by atoms with van der Waals surface area (Å²) in [6.45, 7) is 6.60. The molecule has 0 aliphatic rings. The predicted molar refractivity (Wildman–Crippen MR) is 73.3 cm³/mol. The Balaban J connectivity index is 3.20. The van der Waals surface area contributed by atoms with Crippen molar-refractivity contribution < 1.29 is 9.53 Å². The maximum Gasteiger partial charge on any atom is 0.158 e. The van der Waals surface area contributed by atoms with Gasteiger partial charge in [0.1, 0.15) is 6.10 Å². The summed E-state index contributed by atoms with van der Waals surface area (Å²) in [5.74, 6) is 0.159. The van der Waals surface area contributed by atoms with Crippen LogP contribution in [-0.4, -0.2) is 18.5 Å². The van der Waals surface area contributed by atoms with Gasteiger partial charge in [0, 0.05) is 6.61 Å². The second-order valence-electron chi connectivity index (χ2n) is 4.85. The fraction of sp³-hybridized carbons (Fsp3) is 0.933. The van der Waals surface area contributed by atoms with Gasteiger partial charge in [-0.15, -0.1) is 0 Å². The molecule has 0 rings (SSSR count). The first-order valence-corrected chi connectivity index (χ1v) is 7.34. The number of Topliss-reactive ketones (excluding diaryl/α,β-unsaturated/α-hetero) is 1. The van der Waals surface area contributed by atoms with Crippen LogP contribution in [0.2, 0.25) is 0 Å². The van der Waals surface area contributed by atoms with Crippen molar-refractivity contribution in [2.45, 2.75) is 84.7 Å². The molecule has 2 heteroatoms. The molecule has 0 saturated carbocycles. The van der Waals surface area contributed by atoms with Crippen LogP contribution in [0.5, 0.6) is 0 Å². The summed E-state index contributed by atoms with van der Waals surface area (Å²) in [4.78, 5) is 11.1. The lowest BCUT2D eigenvalue weighted by atomic mass is 10.1. The second-order valence-corrected chi connectivity index (χ2v) is 4.85. The van der Waals surface area contributed by atoms with Gasteiger partial charge in [0.15, 0.2) is 5.78 Å². The Morgan fingerprint density at radius 1 is 0.941 bits per heavy atom. The summed E-state index contributed by atoms with van der Waals surface area (Å²) in [6, 6.07) is 0. The molecule has 0 aliphatic carbocycles. The Morgan fingerprint density at radius 2 is 1.47 bits per heavy atom. The maximum absolute atomic E-state index is 11.1. The minimum atomic E-state index is -0.167. The Hall–Kier alpha value is -0.370. The first-order valence-electron chi connectivity index (χ1n) is 7.34. The van der Waals surface area contributed by atoms with Crippen LogP contribution in [0.1, 0.15) is 78.6 Å². The monoisotopic (exact) mass is 242 g/mol. The SMILES string of the molecule is CCCCCCCCCCOC(CC)C(C)=O. The fourth-order valence-electron chi connectivity index (χ4n) is 1.98. The van der Waals surface area contributed by atoms with Crippen LogP contribution in [0.25, 0.3) is 0 Å². The van der Waals surface area contributed by atoms with E-state index < -0.39 is 0 Å². The van der Waals surface area contributed by atoms with Gasteiger partial charge in [0.05, 0.1) is 0 Å². The summed E-state index contributed by atoms with van der Waals surface area (Å²) < 4.78 is 5.55. The highest BCUT2D eigenvalue weighted by Crippen LogP contribution is 2.09. The minimum absolute atomic E-state index is 0.159. The number of ether oxygens (including phenoxy) is 1. The summed E-state index contributed by atoms with van der Waals surface area (Å²) in [5, 5.41) is 0. The van der Waals surface area contributed by atoms with E-state index in [2.05, 4.69) is 6.92 Å². The van der Waals surface area contributed by atoms with E-state index in [1.54, 1.807) is 6.92 Å². The van der Waals surface area contributed by atoms with Crippen molar-refractivity contribution in [1.82, 2.24) is 0 Å². The Bertz CT molecular complexity index is 178. The smallest absolute Gasteiger partial charge is 0.158 e. The van der Waals surface area contributed by atoms with E-state index in [-0.39, 0.29) is 11.9 Å². The third kappa shape index (κ3) is 10.5. The zero-order valence-electron chi connectivity index (χ0n) is 12.0. The molecule has 102 valence electrons. The molecule has 2 nitrogen and oxygen atoms in total. The average Bonchev–Trinajstić information content (AvgIpc) is 2.31. The van der Waals surface area contributed by atoms with Gasteiger partial charge in [-0.05, 0) is 19.8 Å². The molecular formula is C15H30O2. The van der Waals surface area contributed by atoms with E-state index in [4.69, 9.17) is 4.74 Å². The third-order valence-corrected chi connectivity index (χ3v) is 3.14. The van der Waals surface area contributed by atoms with Gasteiger partial charge >= 0.3 is 0 Å². The van der Waals surface area contributed by atoms with Crippen molar-refractivity contribution in [2.75, 3.05) is 6.61 Å². The van der Waals surface area contributed by atoms with E-state index in [1.165, 1.54) is 44.9 Å².